The van der Waals surface area contributed by atoms with Crippen LogP contribution >= 0.6 is 0 Å². The highest BCUT2D eigenvalue weighted by Crippen LogP contribution is 2.19. The number of H-pyrrole nitrogens is 1. The van der Waals surface area contributed by atoms with E-state index in [2.05, 4.69) is 25.6 Å². The molecule has 1 aromatic rings. The number of nitrogens with one attached hydrogen (secondary N) is 3. The van der Waals surface area contributed by atoms with Gasteiger partial charge >= 0.3 is 5.97 Å². The van der Waals surface area contributed by atoms with Crippen LogP contribution in [0.3, 0.4) is 0 Å². The second-order valence-electron chi connectivity index (χ2n) is 8.17. The van der Waals surface area contributed by atoms with Crippen molar-refractivity contribution in [2.45, 2.75) is 56.3 Å². The van der Waals surface area contributed by atoms with Crippen molar-refractivity contribution in [3.8, 4) is 0 Å². The lowest BCUT2D eigenvalue weighted by atomic mass is 10.1. The van der Waals surface area contributed by atoms with Crippen LogP contribution in [0.4, 0.5) is 0 Å². The molecule has 1 aromatic heterocycles. The first-order valence-corrected chi connectivity index (χ1v) is 11.2. The molecule has 2 rings (SSSR count). The lowest BCUT2D eigenvalue weighted by Crippen LogP contribution is -2.58. The van der Waals surface area contributed by atoms with Crippen molar-refractivity contribution in [3.05, 3.63) is 18.2 Å². The molecule has 11 N–H and O–H groups in total. The van der Waals surface area contributed by atoms with Gasteiger partial charge in [-0.25, -0.2) is 9.78 Å². The summed E-state index contributed by atoms with van der Waals surface area (Å²) in [5.74, 6) is -3.26. The van der Waals surface area contributed by atoms with Gasteiger partial charge in [-0.05, 0) is 25.7 Å². The Balaban J connectivity index is 1.96. The number of hydrogen-bond acceptors (Lipinski definition) is 8. The zero-order chi connectivity index (χ0) is 26.0. The normalized spacial score (nSPS) is 17.8. The number of aromatic amines is 1. The van der Waals surface area contributed by atoms with Crippen molar-refractivity contribution >= 4 is 29.7 Å². The summed E-state index contributed by atoms with van der Waals surface area (Å²) in [6.45, 7) is -0.201. The Morgan fingerprint density at radius 3 is 2.60 bits per heavy atom. The number of aromatic nitrogens is 2. The van der Waals surface area contributed by atoms with Gasteiger partial charge in [-0.3, -0.25) is 19.4 Å². The number of hydrogen-bond donors (Lipinski definition) is 8. The van der Waals surface area contributed by atoms with Gasteiger partial charge in [0.05, 0.1) is 19.0 Å². The zero-order valence-electron chi connectivity index (χ0n) is 19.2. The highest BCUT2D eigenvalue weighted by atomic mass is 16.4. The van der Waals surface area contributed by atoms with Crippen molar-refractivity contribution < 1.29 is 29.4 Å². The van der Waals surface area contributed by atoms with Crippen LogP contribution in [0.2, 0.25) is 0 Å². The number of carbonyl (C=O) groups is 4. The molecule has 1 aliphatic rings. The van der Waals surface area contributed by atoms with Gasteiger partial charge < -0.3 is 47.9 Å². The number of aliphatic hydroxyl groups is 1. The number of aliphatic carboxylic acids is 1. The quantitative estimate of drug-likeness (QED) is 0.0756. The Kier molecular flexibility index (Phi) is 10.4. The molecule has 0 radical (unpaired) electrons. The Labute approximate surface area is 201 Å². The molecule has 194 valence electrons. The minimum Gasteiger partial charge on any atom is -0.480 e. The number of carbonyl (C=O) groups excluding carboxylic acids is 3. The van der Waals surface area contributed by atoms with Crippen molar-refractivity contribution in [2.24, 2.45) is 22.2 Å². The fourth-order valence-electron chi connectivity index (χ4n) is 3.70. The van der Waals surface area contributed by atoms with Gasteiger partial charge in [0.25, 0.3) is 0 Å². The van der Waals surface area contributed by atoms with Gasteiger partial charge in [-0.2, -0.15) is 0 Å². The maximum atomic E-state index is 13.0. The smallest absolute Gasteiger partial charge is 0.326 e. The van der Waals surface area contributed by atoms with Crippen LogP contribution in [0.25, 0.3) is 0 Å². The second-order valence-corrected chi connectivity index (χ2v) is 8.17. The van der Waals surface area contributed by atoms with Crippen molar-refractivity contribution in [1.29, 1.82) is 0 Å². The van der Waals surface area contributed by atoms with Crippen molar-refractivity contribution in [1.82, 2.24) is 25.5 Å². The molecule has 15 heteroatoms. The second kappa shape index (κ2) is 13.2. The number of nitrogens with two attached hydrogens (primary N) is 3. The fraction of sp³-hybridized carbons (Fsp3) is 0.600. The molecule has 0 bridgehead atoms. The van der Waals surface area contributed by atoms with Crippen molar-refractivity contribution in [3.63, 3.8) is 0 Å². The molecular formula is C20H33N9O6. The minimum atomic E-state index is -1.31. The number of likely N-dealkylation sites (tertiary alicyclic amines) is 1. The van der Waals surface area contributed by atoms with Gasteiger partial charge in [-0.15, -0.1) is 0 Å². The molecule has 0 saturated carbocycles. The van der Waals surface area contributed by atoms with Crippen molar-refractivity contribution in [2.75, 3.05) is 19.7 Å². The van der Waals surface area contributed by atoms with E-state index in [0.29, 0.717) is 25.0 Å². The summed E-state index contributed by atoms with van der Waals surface area (Å²) in [6.07, 6.45) is 4.32. The van der Waals surface area contributed by atoms with Crippen LogP contribution in [0, 0.1) is 0 Å². The molecule has 15 nitrogen and oxygen atoms in total. The van der Waals surface area contributed by atoms with Crippen LogP contribution in [0.5, 0.6) is 0 Å². The summed E-state index contributed by atoms with van der Waals surface area (Å²) in [4.78, 5) is 61.5. The van der Waals surface area contributed by atoms with E-state index in [1.165, 1.54) is 17.4 Å². The third kappa shape index (κ3) is 8.22. The monoisotopic (exact) mass is 495 g/mol. The molecule has 2 heterocycles. The minimum absolute atomic E-state index is 0.0157. The van der Waals surface area contributed by atoms with Crippen LogP contribution < -0.4 is 27.8 Å². The van der Waals surface area contributed by atoms with E-state index in [1.807, 2.05) is 0 Å². The summed E-state index contributed by atoms with van der Waals surface area (Å²) in [7, 11) is 0. The largest absolute Gasteiger partial charge is 0.480 e. The third-order valence-corrected chi connectivity index (χ3v) is 5.53. The summed E-state index contributed by atoms with van der Waals surface area (Å²) in [5, 5.41) is 24.1. The number of amides is 3. The average molecular weight is 496 g/mol. The number of carboxylic acids is 1. The maximum absolute atomic E-state index is 13.0. The number of imidazole rings is 1. The topological polar surface area (TPSA) is 255 Å². The number of rotatable bonds is 13. The molecule has 4 atom stereocenters. The highest BCUT2D eigenvalue weighted by Gasteiger charge is 2.39. The van der Waals surface area contributed by atoms with E-state index >= 15 is 0 Å². The molecule has 1 saturated heterocycles. The van der Waals surface area contributed by atoms with E-state index in [0.717, 1.165) is 0 Å². The van der Waals surface area contributed by atoms with Gasteiger partial charge in [0.2, 0.25) is 17.7 Å². The molecule has 35 heavy (non-hydrogen) atoms. The van der Waals surface area contributed by atoms with Gasteiger partial charge in [0.15, 0.2) is 5.96 Å². The maximum Gasteiger partial charge on any atom is 0.326 e. The number of carboxylic acid groups (broad SMARTS) is 1. The SMILES string of the molecule is NC(N)=NCCCC(N)C(=O)NC(CO)C(=O)N1CCCC1C(=O)NC(Cc1cnc[nH]1)C(=O)O. The van der Waals surface area contributed by atoms with Crippen LogP contribution in [0.15, 0.2) is 17.5 Å². The molecule has 1 fully saturated rings. The number of aliphatic imine (C=N–C) groups is 1. The fourth-order valence-corrected chi connectivity index (χ4v) is 3.70. The molecular weight excluding hydrogens is 462 g/mol. The first kappa shape index (κ1) is 27.5. The Hall–Kier alpha value is -3.72. The Bertz CT molecular complexity index is 903. The molecule has 4 unspecified atom stereocenters. The van der Waals surface area contributed by atoms with Gasteiger partial charge in [-0.1, -0.05) is 0 Å². The van der Waals surface area contributed by atoms with Crippen LogP contribution in [0.1, 0.15) is 31.4 Å². The predicted octanol–water partition coefficient (Wildman–Crippen LogP) is -3.63. The third-order valence-electron chi connectivity index (χ3n) is 5.53. The van der Waals surface area contributed by atoms with E-state index in [-0.39, 0.29) is 31.9 Å². The van der Waals surface area contributed by atoms with E-state index in [1.54, 1.807) is 0 Å². The summed E-state index contributed by atoms with van der Waals surface area (Å²) in [6, 6.07) is -4.43. The average Bonchev–Trinajstić information content (AvgIpc) is 3.51. The lowest BCUT2D eigenvalue weighted by molar-refractivity contribution is -0.145. The molecule has 0 aromatic carbocycles. The molecule has 1 aliphatic heterocycles. The Morgan fingerprint density at radius 2 is 2.00 bits per heavy atom. The van der Waals surface area contributed by atoms with E-state index < -0.39 is 54.5 Å². The molecule has 0 aliphatic carbocycles. The van der Waals surface area contributed by atoms with Gasteiger partial charge in [0, 0.05) is 31.4 Å². The zero-order valence-corrected chi connectivity index (χ0v) is 19.2. The van der Waals surface area contributed by atoms with E-state index in [4.69, 9.17) is 17.2 Å². The summed E-state index contributed by atoms with van der Waals surface area (Å²) >= 11 is 0. The number of nitrogens with zero attached hydrogens (tertiary/aromatic N) is 3. The predicted molar refractivity (Wildman–Crippen MR) is 123 cm³/mol. The number of aliphatic hydroxyl groups excluding tert-OH is 1. The molecule has 3 amide bonds. The number of guanidine groups is 1. The van der Waals surface area contributed by atoms with E-state index in [9.17, 15) is 29.4 Å². The summed E-state index contributed by atoms with van der Waals surface area (Å²) < 4.78 is 0. The Morgan fingerprint density at radius 1 is 1.26 bits per heavy atom. The summed E-state index contributed by atoms with van der Waals surface area (Å²) in [5.41, 5.74) is 16.8. The standard InChI is InChI=1S/C20H33N9O6/c21-12(3-1-5-25-20(22)23)16(31)28-14(9-30)18(33)29-6-2-4-15(29)17(32)27-13(19(34)35)7-11-8-24-10-26-11/h8,10,12-15,30H,1-7,9,21H2,(H,24,26)(H,27,32)(H,28,31)(H,34,35)(H4,22,23,25). The van der Waals surface area contributed by atoms with Crippen LogP contribution in [-0.4, -0.2) is 98.6 Å². The lowest BCUT2D eigenvalue weighted by Gasteiger charge is -2.29. The van der Waals surface area contributed by atoms with Crippen LogP contribution in [-0.2, 0) is 25.6 Å². The van der Waals surface area contributed by atoms with Gasteiger partial charge in [0.1, 0.15) is 18.1 Å². The first-order chi connectivity index (χ1) is 16.6. The highest BCUT2D eigenvalue weighted by molar-refractivity contribution is 5.94. The first-order valence-electron chi connectivity index (χ1n) is 11.2. The molecule has 0 spiro atoms.